The molecule has 0 bridgehead atoms. The minimum Gasteiger partial charge on any atom is -0.344 e. The van der Waals surface area contributed by atoms with Crippen LogP contribution < -0.4 is 11.1 Å². The largest absolute Gasteiger partial charge is 0.344 e. The Bertz CT molecular complexity index is 897. The van der Waals surface area contributed by atoms with Gasteiger partial charge in [0.2, 0.25) is 0 Å². The van der Waals surface area contributed by atoms with Crippen LogP contribution in [0, 0.1) is 0 Å². The quantitative estimate of drug-likeness (QED) is 0.687. The molecular formula is C20H20N4O. The summed E-state index contributed by atoms with van der Waals surface area (Å²) < 4.78 is 0. The number of aromatic amines is 1. The van der Waals surface area contributed by atoms with Crippen LogP contribution in [0.1, 0.15) is 39.6 Å². The molecule has 1 aromatic carbocycles. The van der Waals surface area contributed by atoms with Gasteiger partial charge in [-0.15, -0.1) is 0 Å². The van der Waals surface area contributed by atoms with E-state index < -0.39 is 0 Å². The van der Waals surface area contributed by atoms with Crippen molar-refractivity contribution in [2.45, 2.75) is 18.9 Å². The third-order valence-electron chi connectivity index (χ3n) is 4.71. The summed E-state index contributed by atoms with van der Waals surface area (Å²) >= 11 is 0. The van der Waals surface area contributed by atoms with Gasteiger partial charge >= 0.3 is 0 Å². The van der Waals surface area contributed by atoms with E-state index in [1.807, 2.05) is 42.5 Å². The first kappa shape index (κ1) is 15.6. The molecule has 0 aromatic heterocycles. The number of allylic oxidation sites excluding steroid dienone is 1. The summed E-state index contributed by atoms with van der Waals surface area (Å²) in [6.07, 6.45) is 7.67. The molecule has 0 unspecified atom stereocenters. The van der Waals surface area contributed by atoms with E-state index in [0.717, 1.165) is 46.4 Å². The minimum atomic E-state index is -0.202. The van der Waals surface area contributed by atoms with Crippen LogP contribution in [0.3, 0.4) is 0 Å². The summed E-state index contributed by atoms with van der Waals surface area (Å²) in [5.41, 5.74) is 11.8. The average molecular weight is 332 g/mol. The molecule has 25 heavy (non-hydrogen) atoms. The highest BCUT2D eigenvalue weighted by atomic mass is 16.1. The van der Waals surface area contributed by atoms with E-state index in [4.69, 9.17) is 5.73 Å². The lowest BCUT2D eigenvalue weighted by molar-refractivity contribution is 0.0937. The Labute approximate surface area is 146 Å². The average Bonchev–Trinajstić information content (AvgIpc) is 2.89. The number of amides is 1. The van der Waals surface area contributed by atoms with Crippen molar-refractivity contribution < 1.29 is 4.79 Å². The Balaban J connectivity index is 1.69. The summed E-state index contributed by atoms with van der Waals surface area (Å²) in [4.78, 5) is 13.0. The summed E-state index contributed by atoms with van der Waals surface area (Å²) in [7, 11) is 0. The van der Waals surface area contributed by atoms with Crippen LogP contribution in [-0.4, -0.2) is 22.6 Å². The number of H-pyrrole nitrogens is 1. The molecule has 4 rings (SSSR count). The van der Waals surface area contributed by atoms with Crippen molar-refractivity contribution >= 4 is 12.0 Å². The lowest BCUT2D eigenvalue weighted by Gasteiger charge is -2.17. The van der Waals surface area contributed by atoms with E-state index in [2.05, 4.69) is 21.6 Å². The number of carbonyl (C=O) groups is 1. The Hall–Kier alpha value is -2.92. The SMILES string of the molecule is NC[C@@H](NC(=O)c1cc2cn[nH]c3c-2c1CCC=C3)c1ccccc1. The molecule has 1 aromatic rings. The first-order valence-corrected chi connectivity index (χ1v) is 8.49. The molecule has 0 spiro atoms. The smallest absolute Gasteiger partial charge is 0.252 e. The van der Waals surface area contributed by atoms with Crippen molar-refractivity contribution in [1.82, 2.24) is 15.5 Å². The van der Waals surface area contributed by atoms with Crippen molar-refractivity contribution in [3.05, 3.63) is 71.1 Å². The van der Waals surface area contributed by atoms with Crippen LogP contribution in [0.5, 0.6) is 0 Å². The van der Waals surface area contributed by atoms with Gasteiger partial charge in [0.1, 0.15) is 0 Å². The van der Waals surface area contributed by atoms with Gasteiger partial charge in [-0.3, -0.25) is 9.89 Å². The molecule has 1 amide bonds. The molecule has 5 heteroatoms. The van der Waals surface area contributed by atoms with Gasteiger partial charge in [0, 0.05) is 23.2 Å². The molecule has 0 saturated carbocycles. The summed E-state index contributed by atoms with van der Waals surface area (Å²) in [5, 5.41) is 10.3. The maximum absolute atomic E-state index is 13.0. The van der Waals surface area contributed by atoms with Gasteiger partial charge in [0.15, 0.2) is 0 Å². The van der Waals surface area contributed by atoms with E-state index >= 15 is 0 Å². The highest BCUT2D eigenvalue weighted by Crippen LogP contribution is 2.36. The first-order valence-electron chi connectivity index (χ1n) is 8.49. The predicted molar refractivity (Wildman–Crippen MR) is 98.3 cm³/mol. The third kappa shape index (κ3) is 2.83. The number of nitrogens with two attached hydrogens (primary N) is 1. The van der Waals surface area contributed by atoms with Crippen molar-refractivity contribution in [3.8, 4) is 11.1 Å². The van der Waals surface area contributed by atoms with E-state index in [1.54, 1.807) is 6.20 Å². The summed E-state index contributed by atoms with van der Waals surface area (Å²) in [5.74, 6) is -0.0849. The maximum Gasteiger partial charge on any atom is 0.252 e. The van der Waals surface area contributed by atoms with Gasteiger partial charge in [0.25, 0.3) is 5.91 Å². The van der Waals surface area contributed by atoms with Crippen molar-refractivity contribution in [1.29, 1.82) is 0 Å². The zero-order valence-electron chi connectivity index (χ0n) is 13.8. The second kappa shape index (κ2) is 6.53. The molecule has 0 fully saturated rings. The minimum absolute atomic E-state index is 0.0849. The standard InChI is InChI=1S/C20H20N4O/c21-11-18(13-6-2-1-3-7-13)23-20(25)16-10-14-12-22-24-17-9-5-4-8-15(16)19(14)17/h1-3,5-7,9-10,12,18,24H,4,8,11,21H2,(H,23,25)/t18-/m1/s1. The van der Waals surface area contributed by atoms with Gasteiger partial charge in [-0.2, -0.15) is 5.10 Å². The Morgan fingerprint density at radius 3 is 2.96 bits per heavy atom. The number of aromatic nitrogens is 2. The molecule has 4 N–H and O–H groups in total. The van der Waals surface area contributed by atoms with Crippen molar-refractivity contribution in [2.75, 3.05) is 6.54 Å². The molecule has 126 valence electrons. The maximum atomic E-state index is 13.0. The number of carbonyl (C=O) groups excluding carboxylic acids is 1. The Morgan fingerprint density at radius 2 is 2.16 bits per heavy atom. The molecule has 0 saturated heterocycles. The zero-order chi connectivity index (χ0) is 17.2. The number of nitrogens with zero attached hydrogens (tertiary/aromatic N) is 1. The highest BCUT2D eigenvalue weighted by Gasteiger charge is 2.25. The Morgan fingerprint density at radius 1 is 1.32 bits per heavy atom. The lowest BCUT2D eigenvalue weighted by atomic mass is 10.0. The molecule has 5 nitrogen and oxygen atoms in total. The van der Waals surface area contributed by atoms with Gasteiger partial charge < -0.3 is 11.1 Å². The number of hydrogen-bond acceptors (Lipinski definition) is 3. The van der Waals surface area contributed by atoms with Gasteiger partial charge in [0.05, 0.1) is 17.9 Å². The zero-order valence-corrected chi connectivity index (χ0v) is 13.8. The monoisotopic (exact) mass is 332 g/mol. The normalized spacial score (nSPS) is 14.3. The molecule has 1 atom stereocenters. The van der Waals surface area contributed by atoms with Gasteiger partial charge in [-0.1, -0.05) is 36.4 Å². The molecule has 3 aliphatic rings. The van der Waals surface area contributed by atoms with Crippen LogP contribution in [0.4, 0.5) is 0 Å². The first-order chi connectivity index (χ1) is 12.3. The molecular weight excluding hydrogens is 312 g/mol. The van der Waals surface area contributed by atoms with Crippen molar-refractivity contribution in [3.63, 3.8) is 0 Å². The van der Waals surface area contributed by atoms with Crippen LogP contribution in [0.2, 0.25) is 0 Å². The second-order valence-corrected chi connectivity index (χ2v) is 6.26. The molecule has 1 heterocycles. The van der Waals surface area contributed by atoms with Crippen molar-refractivity contribution in [2.24, 2.45) is 5.73 Å². The van der Waals surface area contributed by atoms with Crippen LogP contribution in [-0.2, 0) is 6.42 Å². The molecule has 0 radical (unpaired) electrons. The van der Waals surface area contributed by atoms with Crippen LogP contribution in [0.15, 0.2) is 48.7 Å². The van der Waals surface area contributed by atoms with E-state index in [9.17, 15) is 4.79 Å². The predicted octanol–water partition coefficient (Wildman–Crippen LogP) is 2.90. The van der Waals surface area contributed by atoms with Gasteiger partial charge in [-0.05, 0) is 36.1 Å². The van der Waals surface area contributed by atoms with E-state index in [0.29, 0.717) is 6.54 Å². The number of rotatable bonds is 4. The fraction of sp³-hybridized carbons (Fsp3) is 0.200. The summed E-state index contributed by atoms with van der Waals surface area (Å²) in [6, 6.07) is 11.6. The number of hydrogen-bond donors (Lipinski definition) is 3. The lowest BCUT2D eigenvalue weighted by Crippen LogP contribution is -2.33. The highest BCUT2D eigenvalue weighted by molar-refractivity contribution is 6.01. The Kier molecular flexibility index (Phi) is 4.07. The molecule has 1 aliphatic heterocycles. The number of benzene rings is 1. The second-order valence-electron chi connectivity index (χ2n) is 6.26. The fourth-order valence-corrected chi connectivity index (χ4v) is 3.48. The van der Waals surface area contributed by atoms with E-state index in [1.165, 1.54) is 0 Å². The fourth-order valence-electron chi connectivity index (χ4n) is 3.48. The topological polar surface area (TPSA) is 83.8 Å². The third-order valence-corrected chi connectivity index (χ3v) is 4.71. The van der Waals surface area contributed by atoms with Crippen LogP contribution in [0.25, 0.3) is 17.2 Å². The van der Waals surface area contributed by atoms with Gasteiger partial charge in [-0.25, -0.2) is 0 Å². The van der Waals surface area contributed by atoms with E-state index in [-0.39, 0.29) is 11.9 Å². The molecule has 2 aliphatic carbocycles. The number of nitrogens with one attached hydrogen (secondary N) is 2. The summed E-state index contributed by atoms with van der Waals surface area (Å²) in [6.45, 7) is 0.355. The van der Waals surface area contributed by atoms with Crippen LogP contribution >= 0.6 is 0 Å².